The van der Waals surface area contributed by atoms with Crippen molar-refractivity contribution in [2.24, 2.45) is 5.73 Å². The highest BCUT2D eigenvalue weighted by atomic mass is 79.9. The molecule has 0 spiro atoms. The van der Waals surface area contributed by atoms with Gasteiger partial charge in [-0.05, 0) is 28.1 Å². The van der Waals surface area contributed by atoms with Crippen molar-refractivity contribution < 1.29 is 13.6 Å². The molecule has 0 aliphatic heterocycles. The van der Waals surface area contributed by atoms with E-state index in [1.165, 1.54) is 6.07 Å². The first-order valence-electron chi connectivity index (χ1n) is 3.26. The third-order valence-corrected chi connectivity index (χ3v) is 1.96. The predicted octanol–water partition coefficient (Wildman–Crippen LogP) is 1.88. The summed E-state index contributed by atoms with van der Waals surface area (Å²) in [5.41, 5.74) is 4.64. The minimum atomic E-state index is -2.65. The average molecular weight is 251 g/mol. The maximum Gasteiger partial charge on any atom is 0.280 e. The van der Waals surface area contributed by atoms with Crippen LogP contribution in [0.1, 0.15) is 22.5 Å². The Morgan fingerprint density at radius 2 is 2.15 bits per heavy atom. The van der Waals surface area contributed by atoms with Crippen molar-refractivity contribution in [2.45, 2.75) is 6.43 Å². The first-order chi connectivity index (χ1) is 6.02. The highest BCUT2D eigenvalue weighted by molar-refractivity contribution is 9.10. The van der Waals surface area contributed by atoms with Gasteiger partial charge >= 0.3 is 0 Å². The summed E-state index contributed by atoms with van der Waals surface area (Å²) >= 11 is 2.87. The van der Waals surface area contributed by atoms with Crippen LogP contribution in [0.5, 0.6) is 0 Å². The molecular formula is C7H5BrF2N2O. The minimum absolute atomic E-state index is 0.0396. The Kier molecular flexibility index (Phi) is 2.92. The molecule has 1 heterocycles. The van der Waals surface area contributed by atoms with Gasteiger partial charge in [-0.25, -0.2) is 13.8 Å². The van der Waals surface area contributed by atoms with E-state index in [4.69, 9.17) is 5.73 Å². The van der Waals surface area contributed by atoms with Crippen molar-refractivity contribution in [3.8, 4) is 0 Å². The van der Waals surface area contributed by atoms with Crippen LogP contribution < -0.4 is 5.73 Å². The van der Waals surface area contributed by atoms with Crippen molar-refractivity contribution in [3.05, 3.63) is 28.0 Å². The minimum Gasteiger partial charge on any atom is -0.366 e. The molecule has 2 N–H and O–H groups in total. The molecule has 0 aliphatic rings. The van der Waals surface area contributed by atoms with Crippen LogP contribution in [0.4, 0.5) is 8.78 Å². The maximum atomic E-state index is 12.1. The Morgan fingerprint density at radius 1 is 1.54 bits per heavy atom. The van der Waals surface area contributed by atoms with Gasteiger partial charge in [0.25, 0.3) is 12.3 Å². The van der Waals surface area contributed by atoms with E-state index in [0.29, 0.717) is 0 Å². The molecule has 0 fully saturated rings. The summed E-state index contributed by atoms with van der Waals surface area (Å²) in [7, 11) is 0. The summed E-state index contributed by atoms with van der Waals surface area (Å²) in [6.45, 7) is 0. The number of nitrogens with zero attached hydrogens (tertiary/aromatic N) is 1. The number of aromatic nitrogens is 1. The number of primary amides is 1. The summed E-state index contributed by atoms with van der Waals surface area (Å²) in [5.74, 6) is -0.708. The lowest BCUT2D eigenvalue weighted by atomic mass is 10.2. The van der Waals surface area contributed by atoms with Gasteiger partial charge in [-0.2, -0.15) is 0 Å². The second kappa shape index (κ2) is 3.78. The van der Waals surface area contributed by atoms with E-state index in [1.807, 2.05) is 0 Å². The fourth-order valence-corrected chi connectivity index (χ4v) is 1.29. The van der Waals surface area contributed by atoms with Crippen LogP contribution in [0.2, 0.25) is 0 Å². The third kappa shape index (κ3) is 2.21. The Morgan fingerprint density at radius 3 is 2.54 bits per heavy atom. The molecule has 0 aromatic carbocycles. The van der Waals surface area contributed by atoms with Gasteiger partial charge in [0.15, 0.2) is 0 Å². The Bertz CT molecular complexity index is 343. The quantitative estimate of drug-likeness (QED) is 0.816. The number of halogens is 3. The summed E-state index contributed by atoms with van der Waals surface area (Å²) in [6, 6.07) is 2.27. The average Bonchev–Trinajstić information content (AvgIpc) is 2.03. The number of carbonyl (C=O) groups is 1. The Balaban J connectivity index is 3.13. The lowest BCUT2D eigenvalue weighted by molar-refractivity contribution is 0.0998. The van der Waals surface area contributed by atoms with Crippen molar-refractivity contribution in [1.82, 2.24) is 4.98 Å². The first kappa shape index (κ1) is 10.0. The van der Waals surface area contributed by atoms with Crippen LogP contribution in [0.15, 0.2) is 16.7 Å². The lowest BCUT2D eigenvalue weighted by Crippen LogP contribution is -2.12. The number of amides is 1. The molecule has 1 aromatic rings. The van der Waals surface area contributed by atoms with Crippen LogP contribution >= 0.6 is 15.9 Å². The number of alkyl halides is 2. The van der Waals surface area contributed by atoms with Gasteiger partial charge in [-0.1, -0.05) is 0 Å². The summed E-state index contributed by atoms with van der Waals surface area (Å²) in [4.78, 5) is 14.1. The molecule has 0 saturated carbocycles. The molecule has 1 aromatic heterocycles. The number of hydrogen-bond acceptors (Lipinski definition) is 2. The van der Waals surface area contributed by atoms with E-state index in [1.54, 1.807) is 0 Å². The summed E-state index contributed by atoms with van der Waals surface area (Å²) in [6.07, 6.45) is -2.65. The molecule has 1 rings (SSSR count). The second-order valence-corrected chi connectivity index (χ2v) is 2.99. The molecule has 0 radical (unpaired) electrons. The normalized spacial score (nSPS) is 10.5. The van der Waals surface area contributed by atoms with Crippen LogP contribution in [-0.4, -0.2) is 10.9 Å². The molecular weight excluding hydrogens is 246 g/mol. The summed E-state index contributed by atoms with van der Waals surface area (Å²) < 4.78 is 24.2. The van der Waals surface area contributed by atoms with Gasteiger partial charge in [0.1, 0.15) is 10.3 Å². The Hall–Kier alpha value is -1.04. The number of nitrogens with two attached hydrogens (primary N) is 1. The van der Waals surface area contributed by atoms with Gasteiger partial charge in [0, 0.05) is 0 Å². The van der Waals surface area contributed by atoms with Crippen LogP contribution in [0, 0.1) is 0 Å². The van der Waals surface area contributed by atoms with Gasteiger partial charge in [-0.3, -0.25) is 4.79 Å². The lowest BCUT2D eigenvalue weighted by Gasteiger charge is -2.02. The SMILES string of the molecule is NC(=O)c1ccc(C(F)F)nc1Br. The number of carbonyl (C=O) groups excluding carboxylic acids is 1. The molecule has 0 bridgehead atoms. The van der Waals surface area contributed by atoms with E-state index in [2.05, 4.69) is 20.9 Å². The van der Waals surface area contributed by atoms with Crippen LogP contribution in [0.25, 0.3) is 0 Å². The van der Waals surface area contributed by atoms with Gasteiger partial charge in [0.05, 0.1) is 5.56 Å². The van der Waals surface area contributed by atoms with Crippen molar-refractivity contribution >= 4 is 21.8 Å². The molecule has 0 atom stereocenters. The zero-order valence-corrected chi connectivity index (χ0v) is 7.88. The van der Waals surface area contributed by atoms with E-state index in [9.17, 15) is 13.6 Å². The predicted molar refractivity (Wildman–Crippen MR) is 45.4 cm³/mol. The zero-order valence-electron chi connectivity index (χ0n) is 6.30. The fraction of sp³-hybridized carbons (Fsp3) is 0.143. The highest BCUT2D eigenvalue weighted by Crippen LogP contribution is 2.21. The monoisotopic (exact) mass is 250 g/mol. The van der Waals surface area contributed by atoms with Gasteiger partial charge in [0.2, 0.25) is 0 Å². The first-order valence-corrected chi connectivity index (χ1v) is 4.06. The van der Waals surface area contributed by atoms with E-state index in [0.717, 1.165) is 6.07 Å². The molecule has 0 unspecified atom stereocenters. The fourth-order valence-electron chi connectivity index (χ4n) is 0.754. The van der Waals surface area contributed by atoms with Crippen molar-refractivity contribution in [3.63, 3.8) is 0 Å². The zero-order chi connectivity index (χ0) is 10.0. The van der Waals surface area contributed by atoms with Gasteiger partial charge in [-0.15, -0.1) is 0 Å². The molecule has 70 valence electrons. The molecule has 0 saturated heterocycles. The van der Waals surface area contributed by atoms with E-state index in [-0.39, 0.29) is 10.2 Å². The molecule has 0 aliphatic carbocycles. The van der Waals surface area contributed by atoms with Crippen LogP contribution in [0.3, 0.4) is 0 Å². The van der Waals surface area contributed by atoms with Gasteiger partial charge < -0.3 is 5.73 Å². The largest absolute Gasteiger partial charge is 0.366 e. The maximum absolute atomic E-state index is 12.1. The molecule has 3 nitrogen and oxygen atoms in total. The number of rotatable bonds is 2. The standard InChI is InChI=1S/C7H5BrF2N2O/c8-5-3(7(11)13)1-2-4(12-5)6(9)10/h1-2,6H,(H2,11,13). The summed E-state index contributed by atoms with van der Waals surface area (Å²) in [5, 5.41) is 0. The highest BCUT2D eigenvalue weighted by Gasteiger charge is 2.13. The smallest absolute Gasteiger partial charge is 0.280 e. The van der Waals surface area contributed by atoms with E-state index >= 15 is 0 Å². The molecule has 13 heavy (non-hydrogen) atoms. The van der Waals surface area contributed by atoms with Crippen molar-refractivity contribution in [2.75, 3.05) is 0 Å². The topological polar surface area (TPSA) is 56.0 Å². The Labute approximate surface area is 81.1 Å². The number of hydrogen-bond donors (Lipinski definition) is 1. The molecule has 1 amide bonds. The molecule has 6 heteroatoms. The number of pyridine rings is 1. The third-order valence-electron chi connectivity index (χ3n) is 1.36. The van der Waals surface area contributed by atoms with Crippen molar-refractivity contribution in [1.29, 1.82) is 0 Å². The van der Waals surface area contributed by atoms with E-state index < -0.39 is 18.0 Å². The van der Waals surface area contributed by atoms with Crippen LogP contribution in [-0.2, 0) is 0 Å². The second-order valence-electron chi connectivity index (χ2n) is 2.24.